The summed E-state index contributed by atoms with van der Waals surface area (Å²) in [5.41, 5.74) is 16.2. The zero-order valence-electron chi connectivity index (χ0n) is 17.5. The first-order valence-corrected chi connectivity index (χ1v) is 10.3. The standard InChI is InChI=1S/C21H29N7O3/c1-13-11-25-21(31)28(13)27-20(30)18(8-4-5-9-22)26-19(29)16(23)10-14-12-24-17-7-3-2-6-15(14)17/h2-3,6-7,11-12,16,18,24H,4-5,8-10,22-23H2,1H3,(H,25,31)(H,26,29)(H,27,30)/t16-,18+/m0/s1. The number of rotatable bonds is 10. The minimum absolute atomic E-state index is 0.323. The lowest BCUT2D eigenvalue weighted by Crippen LogP contribution is -2.52. The molecular formula is C21H29N7O3. The summed E-state index contributed by atoms with van der Waals surface area (Å²) in [5, 5.41) is 3.74. The van der Waals surface area contributed by atoms with Crippen LogP contribution in [0, 0.1) is 6.92 Å². The summed E-state index contributed by atoms with van der Waals surface area (Å²) in [5.74, 6) is -0.925. The Morgan fingerprint density at radius 3 is 2.61 bits per heavy atom. The molecule has 0 aliphatic heterocycles. The van der Waals surface area contributed by atoms with E-state index in [1.165, 1.54) is 6.20 Å². The predicted molar refractivity (Wildman–Crippen MR) is 119 cm³/mol. The van der Waals surface area contributed by atoms with Gasteiger partial charge in [-0.2, -0.15) is 0 Å². The maximum atomic E-state index is 12.8. The molecule has 0 unspecified atom stereocenters. The Balaban J connectivity index is 1.68. The van der Waals surface area contributed by atoms with Crippen molar-refractivity contribution in [2.75, 3.05) is 12.0 Å². The molecule has 3 aromatic rings. The van der Waals surface area contributed by atoms with Crippen molar-refractivity contribution in [2.45, 2.75) is 44.7 Å². The summed E-state index contributed by atoms with van der Waals surface area (Å²) in [6.45, 7) is 2.16. The summed E-state index contributed by atoms with van der Waals surface area (Å²) < 4.78 is 1.11. The quantitative estimate of drug-likeness (QED) is 0.254. The number of para-hydroxylation sites is 1. The van der Waals surface area contributed by atoms with Crippen molar-refractivity contribution in [1.82, 2.24) is 20.0 Å². The van der Waals surface area contributed by atoms with Crippen LogP contribution in [0.25, 0.3) is 10.9 Å². The number of fused-ring (bicyclic) bond motifs is 1. The molecule has 1 aromatic carbocycles. The Morgan fingerprint density at radius 2 is 1.90 bits per heavy atom. The lowest BCUT2D eigenvalue weighted by atomic mass is 10.0. The molecule has 0 bridgehead atoms. The molecule has 0 aliphatic carbocycles. The fourth-order valence-electron chi connectivity index (χ4n) is 3.45. The van der Waals surface area contributed by atoms with Crippen LogP contribution in [0.2, 0.25) is 0 Å². The molecule has 0 fully saturated rings. The number of unbranched alkanes of at least 4 members (excludes halogenated alkanes) is 1. The highest BCUT2D eigenvalue weighted by Crippen LogP contribution is 2.18. The molecule has 0 spiro atoms. The Hall–Kier alpha value is -3.37. The van der Waals surface area contributed by atoms with Crippen LogP contribution in [0.3, 0.4) is 0 Å². The number of nitrogens with zero attached hydrogens (tertiary/aromatic N) is 1. The molecule has 10 nitrogen and oxygen atoms in total. The van der Waals surface area contributed by atoms with Crippen LogP contribution in [-0.4, -0.2) is 45.1 Å². The molecule has 2 heterocycles. The van der Waals surface area contributed by atoms with Gasteiger partial charge in [-0.15, -0.1) is 0 Å². The number of carbonyl (C=O) groups is 2. The van der Waals surface area contributed by atoms with Crippen LogP contribution in [0.5, 0.6) is 0 Å². The van der Waals surface area contributed by atoms with Crippen LogP contribution in [0.4, 0.5) is 0 Å². The topological polar surface area (TPSA) is 164 Å². The maximum absolute atomic E-state index is 12.8. The van der Waals surface area contributed by atoms with E-state index in [2.05, 4.69) is 20.7 Å². The third-order valence-electron chi connectivity index (χ3n) is 5.21. The molecular weight excluding hydrogens is 398 g/mol. The molecule has 0 radical (unpaired) electrons. The number of nitrogens with two attached hydrogens (primary N) is 2. The second-order valence-electron chi connectivity index (χ2n) is 7.56. The van der Waals surface area contributed by atoms with E-state index in [1.807, 2.05) is 30.5 Å². The molecule has 10 heteroatoms. The first-order valence-electron chi connectivity index (χ1n) is 10.3. The number of aromatic amines is 2. The number of H-pyrrole nitrogens is 2. The molecule has 166 valence electrons. The second-order valence-corrected chi connectivity index (χ2v) is 7.56. The Labute approximate surface area is 179 Å². The molecule has 3 rings (SSSR count). The molecule has 2 aromatic heterocycles. The Bertz CT molecular complexity index is 1100. The average molecular weight is 428 g/mol. The summed E-state index contributed by atoms with van der Waals surface area (Å²) in [6.07, 6.45) is 5.39. The summed E-state index contributed by atoms with van der Waals surface area (Å²) >= 11 is 0. The van der Waals surface area contributed by atoms with Gasteiger partial charge >= 0.3 is 5.69 Å². The van der Waals surface area contributed by atoms with Crippen LogP contribution < -0.4 is 27.9 Å². The van der Waals surface area contributed by atoms with Gasteiger partial charge in [-0.05, 0) is 50.8 Å². The minimum atomic E-state index is -0.839. The van der Waals surface area contributed by atoms with Gasteiger partial charge in [0.15, 0.2) is 0 Å². The van der Waals surface area contributed by atoms with E-state index in [-0.39, 0.29) is 0 Å². The second kappa shape index (κ2) is 10.1. The largest absolute Gasteiger partial charge is 0.361 e. The van der Waals surface area contributed by atoms with E-state index in [0.29, 0.717) is 37.9 Å². The Kier molecular flexibility index (Phi) is 7.27. The lowest BCUT2D eigenvalue weighted by Gasteiger charge is -2.21. The number of hydrogen-bond donors (Lipinski definition) is 6. The highest BCUT2D eigenvalue weighted by Gasteiger charge is 2.25. The molecule has 0 saturated carbocycles. The van der Waals surface area contributed by atoms with Gasteiger partial charge in [0.25, 0.3) is 5.91 Å². The first-order chi connectivity index (χ1) is 14.9. The highest BCUT2D eigenvalue weighted by molar-refractivity contribution is 5.94. The first kappa shape index (κ1) is 22.3. The zero-order chi connectivity index (χ0) is 22.4. The van der Waals surface area contributed by atoms with E-state index in [0.717, 1.165) is 21.1 Å². The van der Waals surface area contributed by atoms with Crippen LogP contribution in [-0.2, 0) is 16.0 Å². The number of benzene rings is 1. The molecule has 2 atom stereocenters. The third kappa shape index (κ3) is 5.41. The van der Waals surface area contributed by atoms with Gasteiger partial charge in [0.2, 0.25) is 5.91 Å². The summed E-state index contributed by atoms with van der Waals surface area (Å²) in [6, 6.07) is 6.10. The summed E-state index contributed by atoms with van der Waals surface area (Å²) in [7, 11) is 0. The molecule has 8 N–H and O–H groups in total. The van der Waals surface area contributed by atoms with Gasteiger partial charge in [0, 0.05) is 23.3 Å². The minimum Gasteiger partial charge on any atom is -0.361 e. The van der Waals surface area contributed by atoms with Crippen LogP contribution in [0.15, 0.2) is 41.5 Å². The zero-order valence-corrected chi connectivity index (χ0v) is 17.5. The van der Waals surface area contributed by atoms with Gasteiger partial charge in [0.05, 0.1) is 11.7 Å². The van der Waals surface area contributed by atoms with E-state index in [9.17, 15) is 14.4 Å². The Morgan fingerprint density at radius 1 is 1.13 bits per heavy atom. The molecule has 2 amide bonds. The maximum Gasteiger partial charge on any atom is 0.344 e. The fraction of sp³-hybridized carbons (Fsp3) is 0.381. The van der Waals surface area contributed by atoms with E-state index >= 15 is 0 Å². The number of carbonyl (C=O) groups excluding carboxylic acids is 2. The fourth-order valence-corrected chi connectivity index (χ4v) is 3.45. The van der Waals surface area contributed by atoms with Gasteiger partial charge in [-0.25, -0.2) is 9.47 Å². The van der Waals surface area contributed by atoms with Gasteiger partial charge in [-0.1, -0.05) is 18.2 Å². The van der Waals surface area contributed by atoms with Gasteiger partial charge < -0.3 is 26.8 Å². The smallest absolute Gasteiger partial charge is 0.344 e. The summed E-state index contributed by atoms with van der Waals surface area (Å²) in [4.78, 5) is 43.0. The van der Waals surface area contributed by atoms with E-state index < -0.39 is 29.6 Å². The predicted octanol–water partition coefficient (Wildman–Crippen LogP) is 0.220. The molecule has 0 saturated heterocycles. The van der Waals surface area contributed by atoms with E-state index in [4.69, 9.17) is 11.5 Å². The number of hydrogen-bond acceptors (Lipinski definition) is 5. The van der Waals surface area contributed by atoms with Gasteiger partial charge in [0.1, 0.15) is 6.04 Å². The third-order valence-corrected chi connectivity index (χ3v) is 5.21. The number of aryl methyl sites for hydroxylation is 1. The van der Waals surface area contributed by atoms with E-state index in [1.54, 1.807) is 6.92 Å². The number of amides is 2. The lowest BCUT2D eigenvalue weighted by molar-refractivity contribution is -0.127. The van der Waals surface area contributed by atoms with Gasteiger partial charge in [-0.3, -0.25) is 15.0 Å². The highest BCUT2D eigenvalue weighted by atomic mass is 16.2. The van der Waals surface area contributed by atoms with Crippen molar-refractivity contribution < 1.29 is 9.59 Å². The number of imidazole rings is 1. The monoisotopic (exact) mass is 427 g/mol. The van der Waals surface area contributed by atoms with Crippen LogP contribution in [0.1, 0.15) is 30.5 Å². The average Bonchev–Trinajstić information content (AvgIpc) is 3.31. The van der Waals surface area contributed by atoms with Crippen molar-refractivity contribution in [3.05, 3.63) is 58.4 Å². The van der Waals surface area contributed by atoms with Crippen molar-refractivity contribution in [2.24, 2.45) is 11.5 Å². The molecule has 0 aliphatic rings. The van der Waals surface area contributed by atoms with Crippen molar-refractivity contribution in [1.29, 1.82) is 0 Å². The SMILES string of the molecule is Cc1c[nH]c(=O)n1NC(=O)[C@@H](CCCCN)NC(=O)[C@@H](N)Cc1c[nH]c2ccccc12. The van der Waals surface area contributed by atoms with Crippen LogP contribution >= 0.6 is 0 Å². The number of aromatic nitrogens is 3. The molecule has 31 heavy (non-hydrogen) atoms. The van der Waals surface area contributed by atoms with Crippen molar-refractivity contribution in [3.63, 3.8) is 0 Å². The number of nitrogens with one attached hydrogen (secondary N) is 4. The van der Waals surface area contributed by atoms with Crippen molar-refractivity contribution in [3.8, 4) is 0 Å². The normalized spacial score (nSPS) is 13.1. The van der Waals surface area contributed by atoms with Crippen molar-refractivity contribution >= 4 is 22.7 Å².